The lowest BCUT2D eigenvalue weighted by atomic mass is 9.96. The number of nitrogens with one attached hydrogen (secondary N) is 1. The van der Waals surface area contributed by atoms with E-state index in [9.17, 15) is 14.0 Å². The van der Waals surface area contributed by atoms with Gasteiger partial charge in [0.1, 0.15) is 5.82 Å². The van der Waals surface area contributed by atoms with Crippen molar-refractivity contribution in [3.63, 3.8) is 0 Å². The van der Waals surface area contributed by atoms with E-state index in [-0.39, 0.29) is 29.6 Å². The topological polar surface area (TPSA) is 71.1 Å². The lowest BCUT2D eigenvalue weighted by Crippen LogP contribution is -2.48. The first kappa shape index (κ1) is 32.0. The molecule has 0 spiro atoms. The van der Waals surface area contributed by atoms with E-state index in [0.717, 1.165) is 62.0 Å². The molecule has 0 atom stereocenters. The molecule has 0 unspecified atom stereocenters. The molecule has 4 rings (SSSR count). The Morgan fingerprint density at radius 2 is 1.49 bits per heavy atom. The third kappa shape index (κ3) is 8.57. The van der Waals surface area contributed by atoms with Crippen LogP contribution in [0.4, 0.5) is 4.39 Å². The van der Waals surface area contributed by atoms with Gasteiger partial charge in [0.15, 0.2) is 11.5 Å². The molecule has 230 valence electrons. The van der Waals surface area contributed by atoms with Gasteiger partial charge in [-0.1, -0.05) is 44.2 Å². The van der Waals surface area contributed by atoms with E-state index < -0.39 is 0 Å². The molecule has 1 aliphatic heterocycles. The highest BCUT2D eigenvalue weighted by atomic mass is 19.1. The molecule has 3 aromatic carbocycles. The SMILES string of the molecule is CCC(CC)C(=O)N(Cc1ccc(C(=O)NCc2ccc(OC)c(OC)c2)cc1)C1CCN(Cc2ccc(F)cc2)CC1. The number of nitrogens with zero attached hydrogens (tertiary/aromatic N) is 2. The molecule has 1 saturated heterocycles. The lowest BCUT2D eigenvalue weighted by molar-refractivity contribution is -0.140. The van der Waals surface area contributed by atoms with Gasteiger partial charge in [-0.05, 0) is 78.8 Å². The number of benzene rings is 3. The molecule has 1 aliphatic rings. The molecule has 0 aromatic heterocycles. The normalized spacial score (nSPS) is 14.0. The zero-order valence-corrected chi connectivity index (χ0v) is 25.8. The van der Waals surface area contributed by atoms with Crippen LogP contribution in [0, 0.1) is 11.7 Å². The predicted octanol–water partition coefficient (Wildman–Crippen LogP) is 6.20. The van der Waals surface area contributed by atoms with E-state index in [0.29, 0.717) is 30.2 Å². The quantitative estimate of drug-likeness (QED) is 0.257. The number of halogens is 1. The fourth-order valence-corrected chi connectivity index (χ4v) is 5.73. The summed E-state index contributed by atoms with van der Waals surface area (Å²) < 4.78 is 24.0. The largest absolute Gasteiger partial charge is 0.493 e. The average molecular weight is 590 g/mol. The number of likely N-dealkylation sites (tertiary alicyclic amines) is 1. The van der Waals surface area contributed by atoms with Crippen LogP contribution >= 0.6 is 0 Å². The van der Waals surface area contributed by atoms with Crippen molar-refractivity contribution in [3.8, 4) is 11.5 Å². The Labute approximate surface area is 255 Å². The fourth-order valence-electron chi connectivity index (χ4n) is 5.73. The summed E-state index contributed by atoms with van der Waals surface area (Å²) in [5.74, 6) is 1.07. The van der Waals surface area contributed by atoms with E-state index in [1.54, 1.807) is 14.2 Å². The maximum atomic E-state index is 13.7. The second kappa shape index (κ2) is 15.5. The second-order valence-corrected chi connectivity index (χ2v) is 11.2. The molecule has 0 aliphatic carbocycles. The Morgan fingerprint density at radius 1 is 0.884 bits per heavy atom. The number of rotatable bonds is 13. The molecule has 8 heteroatoms. The maximum Gasteiger partial charge on any atom is 0.251 e. The minimum atomic E-state index is -0.221. The molecule has 0 radical (unpaired) electrons. The average Bonchev–Trinajstić information content (AvgIpc) is 3.04. The van der Waals surface area contributed by atoms with Gasteiger partial charge in [-0.25, -0.2) is 4.39 Å². The van der Waals surface area contributed by atoms with Gasteiger partial charge in [0, 0.05) is 50.2 Å². The van der Waals surface area contributed by atoms with Gasteiger partial charge in [0.2, 0.25) is 5.91 Å². The molecule has 0 saturated carbocycles. The van der Waals surface area contributed by atoms with Gasteiger partial charge in [-0.15, -0.1) is 0 Å². The van der Waals surface area contributed by atoms with Crippen LogP contribution in [0.15, 0.2) is 66.7 Å². The molecular weight excluding hydrogens is 545 g/mol. The van der Waals surface area contributed by atoms with Crippen molar-refractivity contribution in [1.82, 2.24) is 15.1 Å². The number of ether oxygens (including phenoxy) is 2. The number of amides is 2. The van der Waals surface area contributed by atoms with Gasteiger partial charge in [-0.2, -0.15) is 0 Å². The van der Waals surface area contributed by atoms with Crippen molar-refractivity contribution in [3.05, 3.63) is 94.8 Å². The van der Waals surface area contributed by atoms with E-state index >= 15 is 0 Å². The van der Waals surface area contributed by atoms with Crippen molar-refractivity contribution in [2.45, 2.75) is 65.2 Å². The first-order valence-electron chi connectivity index (χ1n) is 15.2. The number of methoxy groups -OCH3 is 2. The number of hydrogen-bond donors (Lipinski definition) is 1. The Hall–Kier alpha value is -3.91. The first-order valence-corrected chi connectivity index (χ1v) is 15.2. The molecule has 1 heterocycles. The molecule has 43 heavy (non-hydrogen) atoms. The first-order chi connectivity index (χ1) is 20.8. The number of hydrogen-bond acceptors (Lipinski definition) is 5. The monoisotopic (exact) mass is 589 g/mol. The highest BCUT2D eigenvalue weighted by Gasteiger charge is 2.31. The van der Waals surface area contributed by atoms with Crippen LogP contribution in [-0.4, -0.2) is 55.0 Å². The van der Waals surface area contributed by atoms with Crippen molar-refractivity contribution in [1.29, 1.82) is 0 Å². The summed E-state index contributed by atoms with van der Waals surface area (Å²) in [6.45, 7) is 7.57. The van der Waals surface area contributed by atoms with E-state index in [2.05, 4.69) is 29.0 Å². The van der Waals surface area contributed by atoms with E-state index in [4.69, 9.17) is 9.47 Å². The van der Waals surface area contributed by atoms with Crippen LogP contribution in [0.1, 0.15) is 66.6 Å². The van der Waals surface area contributed by atoms with Crippen molar-refractivity contribution < 1.29 is 23.5 Å². The van der Waals surface area contributed by atoms with Crippen molar-refractivity contribution in [2.75, 3.05) is 27.3 Å². The summed E-state index contributed by atoms with van der Waals surface area (Å²) in [6.07, 6.45) is 3.41. The maximum absolute atomic E-state index is 13.7. The van der Waals surface area contributed by atoms with Gasteiger partial charge in [0.05, 0.1) is 14.2 Å². The zero-order valence-electron chi connectivity index (χ0n) is 25.8. The van der Waals surface area contributed by atoms with Crippen LogP contribution in [0.2, 0.25) is 0 Å². The lowest BCUT2D eigenvalue weighted by Gasteiger charge is -2.40. The Bertz CT molecular complexity index is 1330. The van der Waals surface area contributed by atoms with Crippen LogP contribution in [0.25, 0.3) is 0 Å². The second-order valence-electron chi connectivity index (χ2n) is 11.2. The van der Waals surface area contributed by atoms with Crippen LogP contribution in [-0.2, 0) is 24.4 Å². The molecule has 0 bridgehead atoms. The van der Waals surface area contributed by atoms with Crippen molar-refractivity contribution >= 4 is 11.8 Å². The van der Waals surface area contributed by atoms with Crippen LogP contribution < -0.4 is 14.8 Å². The summed E-state index contributed by atoms with van der Waals surface area (Å²) >= 11 is 0. The van der Waals surface area contributed by atoms with E-state index in [1.165, 1.54) is 12.1 Å². The third-order valence-electron chi connectivity index (χ3n) is 8.41. The summed E-state index contributed by atoms with van der Waals surface area (Å²) in [5, 5.41) is 2.97. The summed E-state index contributed by atoms with van der Waals surface area (Å²) in [6, 6.07) is 19.9. The Balaban J connectivity index is 1.38. The number of carbonyl (C=O) groups is 2. The highest BCUT2D eigenvalue weighted by Crippen LogP contribution is 2.28. The third-order valence-corrected chi connectivity index (χ3v) is 8.41. The number of carbonyl (C=O) groups excluding carboxylic acids is 2. The zero-order chi connectivity index (χ0) is 30.8. The minimum Gasteiger partial charge on any atom is -0.493 e. The Kier molecular flexibility index (Phi) is 11.6. The highest BCUT2D eigenvalue weighted by molar-refractivity contribution is 5.94. The van der Waals surface area contributed by atoms with Crippen LogP contribution in [0.3, 0.4) is 0 Å². The van der Waals surface area contributed by atoms with Crippen molar-refractivity contribution in [2.24, 2.45) is 5.92 Å². The predicted molar refractivity (Wildman–Crippen MR) is 166 cm³/mol. The van der Waals surface area contributed by atoms with Gasteiger partial charge in [0.25, 0.3) is 5.91 Å². The number of piperidine rings is 1. The van der Waals surface area contributed by atoms with Gasteiger partial charge < -0.3 is 19.7 Å². The standard InChI is InChI=1S/C35H44FN3O4/c1-5-28(6-2)35(41)39(31-17-19-38(20-18-31)23-25-9-14-30(36)15-10-25)24-26-7-12-29(13-8-26)34(40)37-22-27-11-16-32(42-3)33(21-27)43-4/h7-16,21,28,31H,5-6,17-20,22-24H2,1-4H3,(H,37,40). The fraction of sp³-hybridized carbons (Fsp3) is 0.429. The Morgan fingerprint density at radius 3 is 2.09 bits per heavy atom. The van der Waals surface area contributed by atoms with Crippen LogP contribution in [0.5, 0.6) is 11.5 Å². The summed E-state index contributed by atoms with van der Waals surface area (Å²) in [4.78, 5) is 31.0. The molecular formula is C35H44FN3O4. The molecule has 3 aromatic rings. The molecule has 7 nitrogen and oxygen atoms in total. The smallest absolute Gasteiger partial charge is 0.251 e. The molecule has 1 N–H and O–H groups in total. The minimum absolute atomic E-state index is 0.00104. The van der Waals surface area contributed by atoms with E-state index in [1.807, 2.05) is 54.6 Å². The molecule has 1 fully saturated rings. The molecule has 2 amide bonds. The van der Waals surface area contributed by atoms with Gasteiger partial charge >= 0.3 is 0 Å². The van der Waals surface area contributed by atoms with Gasteiger partial charge in [-0.3, -0.25) is 14.5 Å². The summed E-state index contributed by atoms with van der Waals surface area (Å²) in [5.41, 5.74) is 3.57. The summed E-state index contributed by atoms with van der Waals surface area (Å²) in [7, 11) is 3.17.